The van der Waals surface area contributed by atoms with Crippen LogP contribution in [0.25, 0.3) is 6.08 Å². The summed E-state index contributed by atoms with van der Waals surface area (Å²) in [5, 5.41) is 0. The number of carbonyl (C=O) groups is 2. The van der Waals surface area contributed by atoms with E-state index < -0.39 is 23.7 Å². The zero-order valence-corrected chi connectivity index (χ0v) is 13.3. The van der Waals surface area contributed by atoms with Gasteiger partial charge in [0.2, 0.25) is 0 Å². The smallest absolute Gasteiger partial charge is 0.279 e. The minimum absolute atomic E-state index is 0.326. The van der Waals surface area contributed by atoms with Crippen molar-refractivity contribution >= 4 is 17.9 Å². The van der Waals surface area contributed by atoms with Gasteiger partial charge in [-0.3, -0.25) is 20.4 Å². The minimum Gasteiger partial charge on any atom is -0.481 e. The van der Waals surface area contributed by atoms with Crippen molar-refractivity contribution in [3.8, 4) is 5.75 Å². The predicted octanol–water partition coefficient (Wildman–Crippen LogP) is 2.59. The third-order valence-electron chi connectivity index (χ3n) is 3.10. The van der Waals surface area contributed by atoms with Gasteiger partial charge in [0.25, 0.3) is 11.8 Å². The van der Waals surface area contributed by atoms with E-state index in [0.717, 1.165) is 0 Å². The topological polar surface area (TPSA) is 67.4 Å². The average Bonchev–Trinajstić information content (AvgIpc) is 2.61. The van der Waals surface area contributed by atoms with Crippen molar-refractivity contribution in [2.75, 3.05) is 0 Å². The molecule has 2 rings (SSSR count). The highest BCUT2D eigenvalue weighted by atomic mass is 19.1. The molecule has 1 atom stereocenters. The third-order valence-corrected chi connectivity index (χ3v) is 3.10. The van der Waals surface area contributed by atoms with Crippen molar-refractivity contribution in [2.45, 2.75) is 13.0 Å². The lowest BCUT2D eigenvalue weighted by atomic mass is 10.2. The van der Waals surface area contributed by atoms with Crippen LogP contribution in [-0.4, -0.2) is 17.9 Å². The molecule has 0 spiro atoms. The summed E-state index contributed by atoms with van der Waals surface area (Å²) in [4.78, 5) is 23.5. The molecule has 5 nitrogen and oxygen atoms in total. The minimum atomic E-state index is -0.896. The van der Waals surface area contributed by atoms with Gasteiger partial charge < -0.3 is 4.74 Å². The lowest BCUT2D eigenvalue weighted by Gasteiger charge is -2.14. The van der Waals surface area contributed by atoms with Crippen molar-refractivity contribution in [1.82, 2.24) is 10.9 Å². The van der Waals surface area contributed by atoms with Crippen LogP contribution in [0.5, 0.6) is 5.75 Å². The summed E-state index contributed by atoms with van der Waals surface area (Å²) in [6, 6.07) is 10.8. The molecular weight excluding hydrogens is 330 g/mol. The number of hydrogen-bond donors (Lipinski definition) is 2. The Labute approximate surface area is 143 Å². The first-order valence-corrected chi connectivity index (χ1v) is 7.40. The van der Waals surface area contributed by atoms with Gasteiger partial charge in [-0.15, -0.1) is 0 Å². The van der Waals surface area contributed by atoms with Crippen molar-refractivity contribution in [3.63, 3.8) is 0 Å². The molecule has 2 aromatic rings. The first-order valence-electron chi connectivity index (χ1n) is 7.40. The molecule has 7 heteroatoms. The summed E-state index contributed by atoms with van der Waals surface area (Å²) >= 11 is 0. The highest BCUT2D eigenvalue weighted by molar-refractivity contribution is 5.93. The lowest BCUT2D eigenvalue weighted by Crippen LogP contribution is -2.46. The molecule has 0 heterocycles. The summed E-state index contributed by atoms with van der Waals surface area (Å²) in [6.07, 6.45) is 1.77. The van der Waals surface area contributed by atoms with Gasteiger partial charge >= 0.3 is 0 Å². The van der Waals surface area contributed by atoms with E-state index in [0.29, 0.717) is 11.3 Å². The number of nitrogens with one attached hydrogen (secondary N) is 2. The second kappa shape index (κ2) is 8.58. The van der Waals surface area contributed by atoms with E-state index >= 15 is 0 Å². The molecule has 0 saturated carbocycles. The Morgan fingerprint density at radius 2 is 1.52 bits per heavy atom. The largest absolute Gasteiger partial charge is 0.481 e. The fourth-order valence-electron chi connectivity index (χ4n) is 1.78. The molecule has 1 unspecified atom stereocenters. The van der Waals surface area contributed by atoms with Crippen molar-refractivity contribution < 1.29 is 23.1 Å². The predicted molar refractivity (Wildman–Crippen MR) is 88.2 cm³/mol. The number of benzene rings is 2. The summed E-state index contributed by atoms with van der Waals surface area (Å²) in [7, 11) is 0. The van der Waals surface area contributed by atoms with Gasteiger partial charge in [-0.2, -0.15) is 0 Å². The van der Waals surface area contributed by atoms with E-state index in [9.17, 15) is 18.4 Å². The molecule has 2 amide bonds. The zero-order chi connectivity index (χ0) is 18.2. The quantitative estimate of drug-likeness (QED) is 0.646. The Morgan fingerprint density at radius 3 is 2.12 bits per heavy atom. The molecular formula is C18H16F2N2O3. The molecule has 0 aliphatic heterocycles. The maximum atomic E-state index is 12.8. The standard InChI is InChI=1S/C18H16F2N2O3/c1-12(25-16-9-7-15(20)8-10-16)18(24)22-21-17(23)11-4-13-2-5-14(19)6-3-13/h2-12H,1H3,(H,21,23)(H,22,24)/b11-4+. The van der Waals surface area contributed by atoms with Crippen LogP contribution in [0.3, 0.4) is 0 Å². The maximum Gasteiger partial charge on any atom is 0.279 e. The van der Waals surface area contributed by atoms with Crippen LogP contribution in [-0.2, 0) is 9.59 Å². The van der Waals surface area contributed by atoms with Crippen molar-refractivity contribution in [3.05, 3.63) is 71.8 Å². The SMILES string of the molecule is CC(Oc1ccc(F)cc1)C(=O)NNC(=O)/C=C/c1ccc(F)cc1. The summed E-state index contributed by atoms with van der Waals surface area (Å²) < 4.78 is 30.9. The third kappa shape index (κ3) is 6.06. The number of hydrazine groups is 1. The molecule has 0 radical (unpaired) electrons. The van der Waals surface area contributed by atoms with E-state index in [-0.39, 0.29) is 5.82 Å². The summed E-state index contributed by atoms with van der Waals surface area (Å²) in [5.41, 5.74) is 5.05. The number of hydrogen-bond acceptors (Lipinski definition) is 3. The fraction of sp³-hybridized carbons (Fsp3) is 0.111. The molecule has 0 bridgehead atoms. The van der Waals surface area contributed by atoms with Gasteiger partial charge in [0.15, 0.2) is 6.10 Å². The van der Waals surface area contributed by atoms with E-state index in [1.165, 1.54) is 67.6 Å². The highest BCUT2D eigenvalue weighted by Crippen LogP contribution is 2.12. The second-order valence-electron chi connectivity index (χ2n) is 5.08. The van der Waals surface area contributed by atoms with Crippen LogP contribution in [0.1, 0.15) is 12.5 Å². The van der Waals surface area contributed by atoms with Crippen LogP contribution in [0, 0.1) is 11.6 Å². The lowest BCUT2D eigenvalue weighted by molar-refractivity contribution is -0.131. The Morgan fingerprint density at radius 1 is 0.960 bits per heavy atom. The van der Waals surface area contributed by atoms with Gasteiger partial charge in [0, 0.05) is 6.08 Å². The first kappa shape index (κ1) is 18.1. The van der Waals surface area contributed by atoms with E-state index in [1.54, 1.807) is 0 Å². The monoisotopic (exact) mass is 346 g/mol. The Balaban J connectivity index is 1.79. The molecule has 0 saturated heterocycles. The number of rotatable bonds is 5. The van der Waals surface area contributed by atoms with E-state index in [1.807, 2.05) is 0 Å². The number of amides is 2. The molecule has 2 N–H and O–H groups in total. The summed E-state index contributed by atoms with van der Waals surface area (Å²) in [6.45, 7) is 1.49. The molecule has 25 heavy (non-hydrogen) atoms. The normalized spacial score (nSPS) is 11.8. The van der Waals surface area contributed by atoms with Gasteiger partial charge in [0.1, 0.15) is 17.4 Å². The molecule has 0 aromatic heterocycles. The van der Waals surface area contributed by atoms with Crippen LogP contribution in [0.4, 0.5) is 8.78 Å². The number of halogens is 2. The molecule has 0 fully saturated rings. The average molecular weight is 346 g/mol. The molecule has 2 aromatic carbocycles. The van der Waals surface area contributed by atoms with Crippen LogP contribution in [0.2, 0.25) is 0 Å². The van der Waals surface area contributed by atoms with Gasteiger partial charge in [-0.1, -0.05) is 12.1 Å². The Kier molecular flexibility index (Phi) is 6.22. The van der Waals surface area contributed by atoms with Gasteiger partial charge in [-0.25, -0.2) is 8.78 Å². The zero-order valence-electron chi connectivity index (χ0n) is 13.3. The summed E-state index contributed by atoms with van der Waals surface area (Å²) in [5.74, 6) is -1.60. The van der Waals surface area contributed by atoms with E-state index in [2.05, 4.69) is 10.9 Å². The Bertz CT molecular complexity index is 759. The van der Waals surface area contributed by atoms with Crippen molar-refractivity contribution in [2.24, 2.45) is 0 Å². The molecule has 0 aliphatic carbocycles. The molecule has 0 aliphatic rings. The first-order chi connectivity index (χ1) is 11.9. The fourth-order valence-corrected chi connectivity index (χ4v) is 1.78. The number of carbonyl (C=O) groups excluding carboxylic acids is 2. The van der Waals surface area contributed by atoms with Gasteiger partial charge in [0.05, 0.1) is 0 Å². The maximum absolute atomic E-state index is 12.8. The molecule has 130 valence electrons. The van der Waals surface area contributed by atoms with Crippen molar-refractivity contribution in [1.29, 1.82) is 0 Å². The Hall–Kier alpha value is -3.22. The van der Waals surface area contributed by atoms with Crippen LogP contribution >= 0.6 is 0 Å². The van der Waals surface area contributed by atoms with Crippen LogP contribution < -0.4 is 15.6 Å². The van der Waals surface area contributed by atoms with Crippen LogP contribution in [0.15, 0.2) is 54.6 Å². The number of ether oxygens (including phenoxy) is 1. The van der Waals surface area contributed by atoms with Gasteiger partial charge in [-0.05, 0) is 55.0 Å². The second-order valence-corrected chi connectivity index (χ2v) is 5.08. The highest BCUT2D eigenvalue weighted by Gasteiger charge is 2.14. The van der Waals surface area contributed by atoms with E-state index in [4.69, 9.17) is 4.74 Å².